The van der Waals surface area contributed by atoms with E-state index in [1.165, 1.54) is 4.90 Å². The maximum absolute atomic E-state index is 12.7. The third-order valence-corrected chi connectivity index (χ3v) is 4.97. The molecule has 1 aliphatic heterocycles. The Kier molecular flexibility index (Phi) is 5.10. The highest BCUT2D eigenvalue weighted by Gasteiger charge is 2.45. The van der Waals surface area contributed by atoms with Gasteiger partial charge in [-0.3, -0.25) is 9.59 Å². The van der Waals surface area contributed by atoms with Crippen LogP contribution < -0.4 is 5.32 Å². The van der Waals surface area contributed by atoms with Gasteiger partial charge in [0.25, 0.3) is 0 Å². The van der Waals surface area contributed by atoms with Crippen molar-refractivity contribution in [3.63, 3.8) is 0 Å². The molecule has 1 aliphatic carbocycles. The van der Waals surface area contributed by atoms with Gasteiger partial charge in [0.2, 0.25) is 5.91 Å². The molecule has 1 aromatic heterocycles. The number of allylic oxidation sites excluding steroid dienone is 3. The molecule has 8 nitrogen and oxygen atoms in total. The molecule has 2 heterocycles. The van der Waals surface area contributed by atoms with Crippen LogP contribution in [-0.2, 0) is 21.6 Å². The van der Waals surface area contributed by atoms with Crippen molar-refractivity contribution in [3.05, 3.63) is 35.6 Å². The number of amides is 2. The number of carbonyl (C=O) groups is 3. The van der Waals surface area contributed by atoms with Gasteiger partial charge in [-0.2, -0.15) is 5.10 Å². The summed E-state index contributed by atoms with van der Waals surface area (Å²) >= 11 is 5.70. The molecule has 1 unspecified atom stereocenters. The van der Waals surface area contributed by atoms with Gasteiger partial charge in [-0.05, 0) is 38.8 Å². The van der Waals surface area contributed by atoms with Gasteiger partial charge in [-0.1, -0.05) is 24.3 Å². The average molecular weight is 393 g/mol. The molecule has 0 aromatic carbocycles. The van der Waals surface area contributed by atoms with Crippen LogP contribution in [0.15, 0.2) is 24.3 Å². The number of nitrogens with one attached hydrogen (secondary N) is 1. The zero-order valence-corrected chi connectivity index (χ0v) is 16.1. The van der Waals surface area contributed by atoms with Gasteiger partial charge in [0.1, 0.15) is 5.82 Å². The normalized spacial score (nSPS) is 19.7. The average Bonchev–Trinajstić information content (AvgIpc) is 3.11. The van der Waals surface area contributed by atoms with Crippen LogP contribution in [0.25, 0.3) is 0 Å². The van der Waals surface area contributed by atoms with E-state index in [9.17, 15) is 14.4 Å². The van der Waals surface area contributed by atoms with Crippen molar-refractivity contribution in [2.45, 2.75) is 39.3 Å². The Morgan fingerprint density at radius 3 is 2.70 bits per heavy atom. The van der Waals surface area contributed by atoms with Crippen molar-refractivity contribution in [1.29, 1.82) is 0 Å². The van der Waals surface area contributed by atoms with Crippen molar-refractivity contribution in [1.82, 2.24) is 14.7 Å². The van der Waals surface area contributed by atoms with Crippen molar-refractivity contribution >= 4 is 34.8 Å². The lowest BCUT2D eigenvalue weighted by molar-refractivity contribution is -0.118. The van der Waals surface area contributed by atoms with Gasteiger partial charge >= 0.3 is 11.5 Å². The molecule has 1 N–H and O–H groups in total. The second-order valence-corrected chi connectivity index (χ2v) is 7.15. The number of ether oxygens (including phenoxy) is 1. The van der Waals surface area contributed by atoms with Gasteiger partial charge in [0.05, 0.1) is 30.3 Å². The quantitative estimate of drug-likeness (QED) is 0.628. The highest BCUT2D eigenvalue weighted by Crippen LogP contribution is 2.42. The third kappa shape index (κ3) is 3.37. The standard InChI is InChI=1S/C18H21ClN4O4/c1-4-27-17(26)23-14(20-15(24)11-8-6-5-7-9-11)12-10-22(16(19)25)18(2,3)13(12)21-23/h5-8,11H,4,9-10H2,1-3H3,(H,20,24). The Bertz CT molecular complexity index is 856. The van der Waals surface area contributed by atoms with Crippen LogP contribution in [0.1, 0.15) is 38.4 Å². The highest BCUT2D eigenvalue weighted by molar-refractivity contribution is 6.62. The number of hydrogen-bond donors (Lipinski definition) is 1. The fourth-order valence-electron chi connectivity index (χ4n) is 3.29. The van der Waals surface area contributed by atoms with E-state index in [2.05, 4.69) is 10.4 Å². The number of nitrogens with zero attached hydrogens (tertiary/aromatic N) is 3. The van der Waals surface area contributed by atoms with E-state index in [0.717, 1.165) is 4.68 Å². The Morgan fingerprint density at radius 1 is 1.37 bits per heavy atom. The van der Waals surface area contributed by atoms with Crippen molar-refractivity contribution in [2.75, 3.05) is 11.9 Å². The van der Waals surface area contributed by atoms with Crippen molar-refractivity contribution < 1.29 is 19.1 Å². The van der Waals surface area contributed by atoms with Crippen molar-refractivity contribution in [2.24, 2.45) is 5.92 Å². The lowest BCUT2D eigenvalue weighted by Crippen LogP contribution is -2.38. The molecule has 2 amide bonds. The smallest absolute Gasteiger partial charge is 0.436 e. The largest absolute Gasteiger partial charge is 0.448 e. The Labute approximate surface area is 161 Å². The first-order chi connectivity index (χ1) is 12.8. The summed E-state index contributed by atoms with van der Waals surface area (Å²) in [5.41, 5.74) is 0.253. The van der Waals surface area contributed by atoms with Gasteiger partial charge in [-0.25, -0.2) is 4.79 Å². The van der Waals surface area contributed by atoms with Gasteiger partial charge in [0.15, 0.2) is 0 Å². The first kappa shape index (κ1) is 19.2. The Hall–Kier alpha value is -2.61. The number of fused-ring (bicyclic) bond motifs is 1. The van der Waals surface area contributed by atoms with Gasteiger partial charge in [-0.15, -0.1) is 4.68 Å². The lowest BCUT2D eigenvalue weighted by Gasteiger charge is -2.29. The minimum atomic E-state index is -0.821. The third-order valence-electron chi connectivity index (χ3n) is 4.77. The molecule has 9 heteroatoms. The topological polar surface area (TPSA) is 93.5 Å². The lowest BCUT2D eigenvalue weighted by atomic mass is 9.99. The van der Waals surface area contributed by atoms with Crippen molar-refractivity contribution in [3.8, 4) is 0 Å². The molecule has 3 rings (SSSR count). The maximum Gasteiger partial charge on any atom is 0.436 e. The number of rotatable bonds is 3. The van der Waals surface area contributed by atoms with E-state index >= 15 is 0 Å². The highest BCUT2D eigenvalue weighted by atomic mass is 35.5. The van der Waals surface area contributed by atoms with Crippen LogP contribution in [-0.4, -0.2) is 38.7 Å². The van der Waals surface area contributed by atoms with Gasteiger partial charge in [0, 0.05) is 5.56 Å². The summed E-state index contributed by atoms with van der Waals surface area (Å²) in [6.07, 6.45) is 7.23. The summed E-state index contributed by atoms with van der Waals surface area (Å²) in [5, 5.41) is 6.50. The first-order valence-electron chi connectivity index (χ1n) is 8.68. The zero-order valence-electron chi connectivity index (χ0n) is 15.4. The van der Waals surface area contributed by atoms with Crippen LogP contribution >= 0.6 is 11.6 Å². The fourth-order valence-corrected chi connectivity index (χ4v) is 3.56. The second-order valence-electron chi connectivity index (χ2n) is 6.83. The van der Waals surface area contributed by atoms with Crippen LogP contribution in [0.2, 0.25) is 0 Å². The molecule has 0 bridgehead atoms. The van der Waals surface area contributed by atoms with Crippen LogP contribution in [0.3, 0.4) is 0 Å². The molecule has 1 atom stereocenters. The van der Waals surface area contributed by atoms with Crippen LogP contribution in [0.4, 0.5) is 15.4 Å². The van der Waals surface area contributed by atoms with E-state index in [1.54, 1.807) is 32.9 Å². The number of anilines is 1. The first-order valence-corrected chi connectivity index (χ1v) is 9.06. The zero-order chi connectivity index (χ0) is 19.8. The molecule has 0 spiro atoms. The fraction of sp³-hybridized carbons (Fsp3) is 0.444. The predicted octanol–water partition coefficient (Wildman–Crippen LogP) is 3.37. The number of halogens is 1. The summed E-state index contributed by atoms with van der Waals surface area (Å²) in [5.74, 6) is -0.404. The Balaban J connectivity index is 2.00. The SMILES string of the molecule is CCOC(=O)n1nc2c(c1NC(=O)C1C=CC=CC1)CN(C(=O)Cl)C2(C)C. The number of carbonyl (C=O) groups excluding carboxylic acids is 3. The summed E-state index contributed by atoms with van der Waals surface area (Å²) in [7, 11) is 0. The summed E-state index contributed by atoms with van der Waals surface area (Å²) in [4.78, 5) is 38.3. The minimum absolute atomic E-state index is 0.139. The molecule has 0 saturated heterocycles. The summed E-state index contributed by atoms with van der Waals surface area (Å²) < 4.78 is 6.10. The Morgan fingerprint density at radius 2 is 2.11 bits per heavy atom. The molecule has 1 aromatic rings. The van der Waals surface area contributed by atoms with E-state index in [-0.39, 0.29) is 30.8 Å². The molecular weight excluding hydrogens is 372 g/mol. The molecule has 0 radical (unpaired) electrons. The van der Waals surface area contributed by atoms with E-state index < -0.39 is 17.0 Å². The molecule has 144 valence electrons. The maximum atomic E-state index is 12.7. The second kappa shape index (κ2) is 7.19. The van der Waals surface area contributed by atoms with E-state index in [0.29, 0.717) is 17.7 Å². The molecule has 27 heavy (non-hydrogen) atoms. The summed E-state index contributed by atoms with van der Waals surface area (Å²) in [6.45, 7) is 5.55. The molecular formula is C18H21ClN4O4. The summed E-state index contributed by atoms with van der Waals surface area (Å²) in [6, 6.07) is 0. The molecule has 0 fully saturated rings. The molecule has 2 aliphatic rings. The van der Waals surface area contributed by atoms with E-state index in [1.807, 2.05) is 12.2 Å². The van der Waals surface area contributed by atoms with Gasteiger partial charge < -0.3 is 15.0 Å². The monoisotopic (exact) mass is 392 g/mol. The van der Waals surface area contributed by atoms with Crippen LogP contribution in [0, 0.1) is 5.92 Å². The number of hydrogen-bond acceptors (Lipinski definition) is 5. The van der Waals surface area contributed by atoms with E-state index in [4.69, 9.17) is 16.3 Å². The molecule has 0 saturated carbocycles. The van der Waals surface area contributed by atoms with Crippen LogP contribution in [0.5, 0.6) is 0 Å². The predicted molar refractivity (Wildman–Crippen MR) is 99.5 cm³/mol. The minimum Gasteiger partial charge on any atom is -0.448 e. The number of aromatic nitrogens is 2.